The summed E-state index contributed by atoms with van der Waals surface area (Å²) in [7, 11) is 0. The lowest BCUT2D eigenvalue weighted by atomic mass is 9.99. The highest BCUT2D eigenvalue weighted by atomic mass is 16.6. The number of nitrogens with zero attached hydrogens (tertiary/aromatic N) is 2. The molecule has 220 valence electrons. The first kappa shape index (κ1) is 30.8. The fourth-order valence-corrected chi connectivity index (χ4v) is 4.86. The average molecular weight is 577 g/mol. The third-order valence-electron chi connectivity index (χ3n) is 6.73. The molecule has 0 bridgehead atoms. The van der Waals surface area contributed by atoms with E-state index in [1.165, 1.54) is 4.90 Å². The Balaban J connectivity index is 1.72. The molecule has 4 aromatic carbocycles. The van der Waals surface area contributed by atoms with Gasteiger partial charge in [0.1, 0.15) is 24.2 Å². The standard InChI is InChI=1S/C35H36N4O4/c1-24-11-10-16-28(21-24)31(32(40)37-29-18-17-26-14-8-9-15-27(26)23-29)39(20-19-36)33(41)30(22-25-12-6-5-7-13-25)38-34(42)43-35(2,3)4/h5-18,21,23,30-31H,20,22H2,1-4H3,(H,37,40)(H,38,42). The van der Waals surface area contributed by atoms with Crippen LogP contribution in [0.2, 0.25) is 0 Å². The Hall–Kier alpha value is -5.16. The van der Waals surface area contributed by atoms with Crippen molar-refractivity contribution in [2.24, 2.45) is 0 Å². The van der Waals surface area contributed by atoms with E-state index in [0.717, 1.165) is 21.9 Å². The molecule has 0 spiro atoms. The number of nitriles is 1. The Labute approximate surface area is 252 Å². The number of alkyl carbamates (subject to hydrolysis) is 1. The van der Waals surface area contributed by atoms with Gasteiger partial charge in [-0.15, -0.1) is 0 Å². The van der Waals surface area contributed by atoms with E-state index < -0.39 is 35.6 Å². The van der Waals surface area contributed by atoms with Gasteiger partial charge >= 0.3 is 6.09 Å². The maximum Gasteiger partial charge on any atom is 0.408 e. The molecule has 0 aliphatic carbocycles. The van der Waals surface area contributed by atoms with Crippen molar-refractivity contribution in [3.05, 3.63) is 114 Å². The lowest BCUT2D eigenvalue weighted by Gasteiger charge is -2.33. The molecule has 0 saturated heterocycles. The van der Waals surface area contributed by atoms with Crippen LogP contribution in [-0.2, 0) is 20.7 Å². The first-order valence-corrected chi connectivity index (χ1v) is 14.1. The van der Waals surface area contributed by atoms with Gasteiger partial charge in [0.15, 0.2) is 0 Å². The summed E-state index contributed by atoms with van der Waals surface area (Å²) in [5.74, 6) is -1.07. The summed E-state index contributed by atoms with van der Waals surface area (Å²) in [6.45, 7) is 6.69. The summed E-state index contributed by atoms with van der Waals surface area (Å²) in [6, 6.07) is 29.6. The van der Waals surface area contributed by atoms with Gasteiger partial charge in [0.2, 0.25) is 5.91 Å². The van der Waals surface area contributed by atoms with Crippen LogP contribution in [0.15, 0.2) is 97.1 Å². The van der Waals surface area contributed by atoms with Gasteiger partial charge < -0.3 is 20.3 Å². The molecule has 8 heteroatoms. The summed E-state index contributed by atoms with van der Waals surface area (Å²) in [6.07, 6.45) is -0.639. The van der Waals surface area contributed by atoms with E-state index in [0.29, 0.717) is 11.3 Å². The lowest BCUT2D eigenvalue weighted by molar-refractivity contribution is -0.140. The number of nitrogens with one attached hydrogen (secondary N) is 2. The number of rotatable bonds is 9. The number of ether oxygens (including phenoxy) is 1. The summed E-state index contributed by atoms with van der Waals surface area (Å²) in [4.78, 5) is 42.4. The Morgan fingerprint density at radius 1 is 0.884 bits per heavy atom. The highest BCUT2D eigenvalue weighted by Gasteiger charge is 2.36. The van der Waals surface area contributed by atoms with Gasteiger partial charge in [-0.2, -0.15) is 5.26 Å². The van der Waals surface area contributed by atoms with Crippen LogP contribution < -0.4 is 10.6 Å². The van der Waals surface area contributed by atoms with Crippen molar-refractivity contribution in [3.63, 3.8) is 0 Å². The van der Waals surface area contributed by atoms with Gasteiger partial charge in [-0.25, -0.2) is 4.79 Å². The van der Waals surface area contributed by atoms with Crippen LogP contribution >= 0.6 is 0 Å². The number of benzene rings is 4. The van der Waals surface area contributed by atoms with E-state index in [-0.39, 0.29) is 13.0 Å². The molecule has 4 aromatic rings. The highest BCUT2D eigenvalue weighted by molar-refractivity contribution is 6.00. The van der Waals surface area contributed by atoms with Crippen molar-refractivity contribution in [2.75, 3.05) is 11.9 Å². The van der Waals surface area contributed by atoms with Crippen LogP contribution in [0.1, 0.15) is 43.5 Å². The molecule has 2 atom stereocenters. The third kappa shape index (κ3) is 8.43. The van der Waals surface area contributed by atoms with E-state index in [1.54, 1.807) is 39.0 Å². The topological polar surface area (TPSA) is 112 Å². The first-order chi connectivity index (χ1) is 20.5. The van der Waals surface area contributed by atoms with Crippen molar-refractivity contribution < 1.29 is 19.1 Å². The summed E-state index contributed by atoms with van der Waals surface area (Å²) < 4.78 is 5.45. The molecule has 8 nitrogen and oxygen atoms in total. The monoisotopic (exact) mass is 576 g/mol. The van der Waals surface area contributed by atoms with Gasteiger partial charge in [0.05, 0.1) is 6.07 Å². The molecule has 0 radical (unpaired) electrons. The number of amides is 3. The SMILES string of the molecule is Cc1cccc(C(C(=O)Nc2ccc3ccccc3c2)N(CC#N)C(=O)C(Cc2ccccc2)NC(=O)OC(C)(C)C)c1. The molecule has 2 unspecified atom stereocenters. The fraction of sp³-hybridized carbons (Fsp3) is 0.257. The second-order valence-electron chi connectivity index (χ2n) is 11.4. The number of hydrogen-bond donors (Lipinski definition) is 2. The molecular formula is C35H36N4O4. The molecular weight excluding hydrogens is 540 g/mol. The number of aryl methyl sites for hydroxylation is 1. The largest absolute Gasteiger partial charge is 0.444 e. The molecule has 0 aromatic heterocycles. The molecule has 0 aliphatic rings. The quantitative estimate of drug-likeness (QED) is 0.227. The van der Waals surface area contributed by atoms with E-state index in [4.69, 9.17) is 4.74 Å². The van der Waals surface area contributed by atoms with Gasteiger partial charge in [-0.05, 0) is 61.7 Å². The lowest BCUT2D eigenvalue weighted by Crippen LogP contribution is -2.53. The summed E-state index contributed by atoms with van der Waals surface area (Å²) in [5.41, 5.74) is 1.98. The van der Waals surface area contributed by atoms with Gasteiger partial charge in [-0.3, -0.25) is 9.59 Å². The van der Waals surface area contributed by atoms with Crippen LogP contribution in [0, 0.1) is 18.3 Å². The predicted molar refractivity (Wildman–Crippen MR) is 167 cm³/mol. The fourth-order valence-electron chi connectivity index (χ4n) is 4.86. The van der Waals surface area contributed by atoms with Crippen molar-refractivity contribution in [1.29, 1.82) is 5.26 Å². The smallest absolute Gasteiger partial charge is 0.408 e. The van der Waals surface area contributed by atoms with E-state index >= 15 is 0 Å². The normalized spacial score (nSPS) is 12.4. The second kappa shape index (κ2) is 13.7. The molecule has 0 heterocycles. The van der Waals surface area contributed by atoms with Crippen molar-refractivity contribution in [3.8, 4) is 6.07 Å². The van der Waals surface area contributed by atoms with Crippen LogP contribution in [-0.4, -0.2) is 41.0 Å². The zero-order chi connectivity index (χ0) is 31.0. The molecule has 43 heavy (non-hydrogen) atoms. The Morgan fingerprint density at radius 2 is 1.58 bits per heavy atom. The molecule has 4 rings (SSSR count). The average Bonchev–Trinajstić information content (AvgIpc) is 2.96. The molecule has 3 amide bonds. The summed E-state index contributed by atoms with van der Waals surface area (Å²) >= 11 is 0. The van der Waals surface area contributed by atoms with Crippen LogP contribution in [0.5, 0.6) is 0 Å². The minimum Gasteiger partial charge on any atom is -0.444 e. The molecule has 0 fully saturated rings. The maximum atomic E-state index is 14.3. The Kier molecular flexibility index (Phi) is 9.79. The second-order valence-corrected chi connectivity index (χ2v) is 11.4. The van der Waals surface area contributed by atoms with Gasteiger partial charge in [-0.1, -0.05) is 90.5 Å². The number of fused-ring (bicyclic) bond motifs is 1. The third-order valence-corrected chi connectivity index (χ3v) is 6.73. The van der Waals surface area contributed by atoms with E-state index in [9.17, 15) is 19.6 Å². The van der Waals surface area contributed by atoms with E-state index in [1.807, 2.05) is 91.9 Å². The van der Waals surface area contributed by atoms with Gasteiger partial charge in [0.25, 0.3) is 5.91 Å². The van der Waals surface area contributed by atoms with E-state index in [2.05, 4.69) is 10.6 Å². The maximum absolute atomic E-state index is 14.3. The zero-order valence-corrected chi connectivity index (χ0v) is 24.8. The molecule has 2 N–H and O–H groups in total. The minimum absolute atomic E-state index is 0.133. The Morgan fingerprint density at radius 3 is 2.26 bits per heavy atom. The number of carbonyl (C=O) groups excluding carboxylic acids is 3. The minimum atomic E-state index is -1.16. The zero-order valence-electron chi connectivity index (χ0n) is 24.8. The Bertz CT molecular complexity index is 1640. The van der Waals surface area contributed by atoms with Crippen LogP contribution in [0.25, 0.3) is 10.8 Å². The number of hydrogen-bond acceptors (Lipinski definition) is 5. The van der Waals surface area contributed by atoms with Crippen molar-refractivity contribution in [2.45, 2.75) is 51.8 Å². The first-order valence-electron chi connectivity index (χ1n) is 14.1. The molecule has 0 aliphatic heterocycles. The number of carbonyl (C=O) groups is 3. The van der Waals surface area contributed by atoms with Gasteiger partial charge in [0, 0.05) is 12.1 Å². The van der Waals surface area contributed by atoms with Crippen molar-refractivity contribution >= 4 is 34.4 Å². The molecule has 0 saturated carbocycles. The van der Waals surface area contributed by atoms with Crippen LogP contribution in [0.3, 0.4) is 0 Å². The van der Waals surface area contributed by atoms with Crippen molar-refractivity contribution in [1.82, 2.24) is 10.2 Å². The highest BCUT2D eigenvalue weighted by Crippen LogP contribution is 2.27. The van der Waals surface area contributed by atoms with Crippen LogP contribution in [0.4, 0.5) is 10.5 Å². The number of anilines is 1. The summed E-state index contributed by atoms with van der Waals surface area (Å²) in [5, 5.41) is 17.5. The predicted octanol–water partition coefficient (Wildman–Crippen LogP) is 6.32.